The Hall–Kier alpha value is -3.73. The molecule has 0 aliphatic carbocycles. The molecule has 3 aromatic rings. The fraction of sp³-hybridized carbons (Fsp3) is 0.304. The normalized spacial score (nSPS) is 12.6. The summed E-state index contributed by atoms with van der Waals surface area (Å²) >= 11 is 0. The average Bonchev–Trinajstić information content (AvgIpc) is 3.33. The van der Waals surface area contributed by atoms with Crippen molar-refractivity contribution in [2.24, 2.45) is 0 Å². The summed E-state index contributed by atoms with van der Waals surface area (Å²) in [5.74, 6) is -0.691. The molecule has 7 nitrogen and oxygen atoms in total. The lowest BCUT2D eigenvalue weighted by Crippen LogP contribution is -2.43. The molecule has 0 spiro atoms. The van der Waals surface area contributed by atoms with Crippen molar-refractivity contribution in [2.75, 3.05) is 0 Å². The van der Waals surface area contributed by atoms with Gasteiger partial charge in [-0.3, -0.25) is 18.7 Å². The summed E-state index contributed by atoms with van der Waals surface area (Å²) in [4.78, 5) is 38.5. The molecule has 1 aliphatic heterocycles. The number of fused-ring (bicyclic) bond motifs is 1. The number of hydrogen-bond acceptors (Lipinski definition) is 4. The Morgan fingerprint density at radius 1 is 1.16 bits per heavy atom. The molecule has 0 saturated carbocycles. The molecule has 0 radical (unpaired) electrons. The van der Waals surface area contributed by atoms with Crippen LogP contribution in [0.25, 0.3) is 0 Å². The molecule has 0 N–H and O–H groups in total. The number of ketones is 1. The second-order valence-corrected chi connectivity index (χ2v) is 7.78. The van der Waals surface area contributed by atoms with E-state index in [0.717, 1.165) is 15.8 Å². The minimum Gasteiger partial charge on any atom is -0.344 e. The molecule has 3 heterocycles. The molecule has 4 rings (SSSR count). The summed E-state index contributed by atoms with van der Waals surface area (Å²) < 4.78 is 17.4. The summed E-state index contributed by atoms with van der Waals surface area (Å²) in [7, 11) is 0. The maximum Gasteiger partial charge on any atom is 0.331 e. The van der Waals surface area contributed by atoms with Crippen molar-refractivity contribution >= 4 is 5.78 Å². The van der Waals surface area contributed by atoms with E-state index in [0.29, 0.717) is 42.9 Å². The van der Waals surface area contributed by atoms with Gasteiger partial charge in [-0.2, -0.15) is 5.26 Å². The number of rotatable bonds is 5. The smallest absolute Gasteiger partial charge is 0.331 e. The van der Waals surface area contributed by atoms with Gasteiger partial charge in [-0.05, 0) is 50.5 Å². The van der Waals surface area contributed by atoms with Gasteiger partial charge in [0, 0.05) is 35.7 Å². The van der Waals surface area contributed by atoms with E-state index < -0.39 is 17.8 Å². The molecule has 0 amide bonds. The van der Waals surface area contributed by atoms with Crippen LogP contribution in [0, 0.1) is 31.0 Å². The lowest BCUT2D eigenvalue weighted by Gasteiger charge is -2.11. The molecule has 0 saturated heterocycles. The minimum absolute atomic E-state index is 0.0633. The number of nitrogens with zero attached hydrogens (tertiary/aromatic N) is 4. The average molecular weight is 420 g/mol. The Balaban J connectivity index is 1.68. The highest BCUT2D eigenvalue weighted by Gasteiger charge is 2.25. The van der Waals surface area contributed by atoms with Crippen LogP contribution in [0.1, 0.15) is 45.0 Å². The molecular formula is C23H21FN4O3. The number of carbonyl (C=O) groups excluding carboxylic acids is 1. The summed E-state index contributed by atoms with van der Waals surface area (Å²) in [6.45, 7) is 4.13. The van der Waals surface area contributed by atoms with Gasteiger partial charge >= 0.3 is 5.69 Å². The van der Waals surface area contributed by atoms with Crippen LogP contribution in [0.4, 0.5) is 4.39 Å². The van der Waals surface area contributed by atoms with Crippen molar-refractivity contribution in [2.45, 2.75) is 46.3 Å². The number of benzene rings is 1. The Morgan fingerprint density at radius 2 is 1.87 bits per heavy atom. The zero-order chi connectivity index (χ0) is 22.3. The van der Waals surface area contributed by atoms with Gasteiger partial charge in [-0.1, -0.05) is 12.1 Å². The third kappa shape index (κ3) is 3.52. The number of nitriles is 1. The third-order valence-corrected chi connectivity index (χ3v) is 5.87. The maximum absolute atomic E-state index is 13.2. The zero-order valence-electron chi connectivity index (χ0n) is 17.3. The van der Waals surface area contributed by atoms with Gasteiger partial charge in [0.2, 0.25) is 0 Å². The van der Waals surface area contributed by atoms with Crippen LogP contribution in [0.5, 0.6) is 0 Å². The van der Waals surface area contributed by atoms with Gasteiger partial charge < -0.3 is 4.57 Å². The molecule has 0 unspecified atom stereocenters. The van der Waals surface area contributed by atoms with Gasteiger partial charge in [0.15, 0.2) is 5.78 Å². The maximum atomic E-state index is 13.2. The molecule has 31 heavy (non-hydrogen) atoms. The van der Waals surface area contributed by atoms with Crippen molar-refractivity contribution in [1.82, 2.24) is 13.7 Å². The summed E-state index contributed by atoms with van der Waals surface area (Å²) in [5, 5.41) is 9.40. The fourth-order valence-electron chi connectivity index (χ4n) is 4.22. The van der Waals surface area contributed by atoms with Crippen LogP contribution in [-0.2, 0) is 26.1 Å². The monoisotopic (exact) mass is 420 g/mol. The van der Waals surface area contributed by atoms with Crippen LogP contribution >= 0.6 is 0 Å². The van der Waals surface area contributed by atoms with E-state index in [1.807, 2.05) is 17.6 Å². The number of aromatic nitrogens is 3. The molecule has 2 aromatic heterocycles. The summed E-state index contributed by atoms with van der Waals surface area (Å²) in [6.07, 6.45) is 1.19. The highest BCUT2D eigenvalue weighted by Crippen LogP contribution is 2.19. The van der Waals surface area contributed by atoms with E-state index in [1.165, 1.54) is 16.7 Å². The third-order valence-electron chi connectivity index (χ3n) is 5.87. The lowest BCUT2D eigenvalue weighted by molar-refractivity contribution is 0.0967. The standard InChI is InChI=1S/C23H21FN4O3/c1-14-10-18(15(2)27(14)12-16-5-7-17(24)8-6-16)21(29)13-28-22(30)19(11-25)20-4-3-9-26(20)23(28)31/h5-8,10H,3-4,9,12-13H2,1-2H3. The van der Waals surface area contributed by atoms with Crippen LogP contribution in [0.2, 0.25) is 0 Å². The topological polar surface area (TPSA) is 89.8 Å². The van der Waals surface area contributed by atoms with E-state index in [2.05, 4.69) is 0 Å². The van der Waals surface area contributed by atoms with Crippen LogP contribution in [0.3, 0.4) is 0 Å². The molecule has 158 valence electrons. The highest BCUT2D eigenvalue weighted by molar-refractivity contribution is 5.97. The van der Waals surface area contributed by atoms with E-state index in [-0.39, 0.29) is 17.2 Å². The van der Waals surface area contributed by atoms with Gasteiger partial charge in [-0.15, -0.1) is 0 Å². The predicted molar refractivity (Wildman–Crippen MR) is 112 cm³/mol. The first kappa shape index (κ1) is 20.5. The van der Waals surface area contributed by atoms with Crippen LogP contribution in [-0.4, -0.2) is 19.5 Å². The number of hydrogen-bond donors (Lipinski definition) is 0. The molecule has 1 aromatic carbocycles. The molecule has 0 bridgehead atoms. The van der Waals surface area contributed by atoms with Crippen molar-refractivity contribution in [3.8, 4) is 6.07 Å². The first-order chi connectivity index (χ1) is 14.8. The predicted octanol–water partition coefficient (Wildman–Crippen LogP) is 2.32. The molecule has 0 atom stereocenters. The van der Waals surface area contributed by atoms with E-state index >= 15 is 0 Å². The van der Waals surface area contributed by atoms with Gasteiger partial charge in [-0.25, -0.2) is 9.18 Å². The SMILES string of the molecule is Cc1cc(C(=O)Cn2c(=O)c(C#N)c3n(c2=O)CCC3)c(C)n1Cc1ccc(F)cc1. The van der Waals surface area contributed by atoms with Crippen molar-refractivity contribution < 1.29 is 9.18 Å². The fourth-order valence-corrected chi connectivity index (χ4v) is 4.22. The largest absolute Gasteiger partial charge is 0.344 e. The molecule has 1 aliphatic rings. The highest BCUT2D eigenvalue weighted by atomic mass is 19.1. The Kier molecular flexibility index (Phi) is 5.19. The number of carbonyl (C=O) groups is 1. The van der Waals surface area contributed by atoms with E-state index in [1.54, 1.807) is 25.1 Å². The second kappa shape index (κ2) is 7.84. The van der Waals surface area contributed by atoms with Crippen LogP contribution in [0.15, 0.2) is 39.9 Å². The van der Waals surface area contributed by atoms with Crippen molar-refractivity contribution in [1.29, 1.82) is 5.26 Å². The zero-order valence-corrected chi connectivity index (χ0v) is 17.3. The van der Waals surface area contributed by atoms with E-state index in [9.17, 15) is 24.0 Å². The molecular weight excluding hydrogens is 399 g/mol. The van der Waals surface area contributed by atoms with Crippen molar-refractivity contribution in [3.63, 3.8) is 0 Å². The first-order valence-electron chi connectivity index (χ1n) is 10.0. The van der Waals surface area contributed by atoms with E-state index in [4.69, 9.17) is 0 Å². The van der Waals surface area contributed by atoms with Crippen molar-refractivity contribution in [3.05, 3.63) is 90.8 Å². The second-order valence-electron chi connectivity index (χ2n) is 7.78. The first-order valence-corrected chi connectivity index (χ1v) is 10.0. The van der Waals surface area contributed by atoms with Crippen LogP contribution < -0.4 is 11.2 Å². The molecule has 8 heteroatoms. The number of Topliss-reactive ketones (excluding diaryl/α,β-unsaturated/α-hetero) is 1. The van der Waals surface area contributed by atoms with Gasteiger partial charge in [0.1, 0.15) is 17.4 Å². The quantitative estimate of drug-likeness (QED) is 0.593. The Labute approximate surface area is 177 Å². The summed E-state index contributed by atoms with van der Waals surface area (Å²) in [5.41, 5.74) is 1.95. The Bertz CT molecular complexity index is 1350. The minimum atomic E-state index is -0.714. The molecule has 0 fully saturated rings. The lowest BCUT2D eigenvalue weighted by atomic mass is 10.1. The van der Waals surface area contributed by atoms with Gasteiger partial charge in [0.25, 0.3) is 5.56 Å². The Morgan fingerprint density at radius 3 is 2.55 bits per heavy atom. The number of aryl methyl sites for hydroxylation is 1. The number of halogens is 1. The summed E-state index contributed by atoms with van der Waals surface area (Å²) in [6, 6.07) is 9.76. The van der Waals surface area contributed by atoms with Gasteiger partial charge in [0.05, 0.1) is 6.54 Å².